The van der Waals surface area contributed by atoms with E-state index in [-0.39, 0.29) is 0 Å². The van der Waals surface area contributed by atoms with Crippen LogP contribution < -0.4 is 0 Å². The first kappa shape index (κ1) is 8.92. The van der Waals surface area contributed by atoms with Gasteiger partial charge in [0.15, 0.2) is 5.79 Å². The van der Waals surface area contributed by atoms with Gasteiger partial charge in [0, 0.05) is 20.1 Å². The smallest absolute Gasteiger partial charge is 0.166 e. The maximum Gasteiger partial charge on any atom is 0.166 e. The maximum absolute atomic E-state index is 5.13. The minimum Gasteiger partial charge on any atom is -0.353 e. The molecule has 0 aromatic heterocycles. The minimum atomic E-state index is -0.417. The molecular formula is C7H16O2. The van der Waals surface area contributed by atoms with E-state index in [4.69, 9.17) is 9.47 Å². The standard InChI is InChI=1S/C7H16O2/c1-6(2)7(3,8-4)9-5/h6H,1-5H3. The zero-order valence-electron chi connectivity index (χ0n) is 6.89. The third kappa shape index (κ3) is 1.95. The van der Waals surface area contributed by atoms with E-state index in [1.165, 1.54) is 0 Å². The van der Waals surface area contributed by atoms with Crippen LogP contribution in [0, 0.1) is 5.92 Å². The molecule has 0 unspecified atom stereocenters. The molecule has 0 atom stereocenters. The molecule has 0 bridgehead atoms. The molecular weight excluding hydrogens is 116 g/mol. The Kier molecular flexibility index (Phi) is 3.15. The lowest BCUT2D eigenvalue weighted by atomic mass is 10.1. The fourth-order valence-corrected chi connectivity index (χ4v) is 0.555. The van der Waals surface area contributed by atoms with E-state index >= 15 is 0 Å². The molecule has 0 heterocycles. The van der Waals surface area contributed by atoms with Crippen molar-refractivity contribution in [3.05, 3.63) is 0 Å². The van der Waals surface area contributed by atoms with E-state index in [2.05, 4.69) is 13.8 Å². The third-order valence-corrected chi connectivity index (χ3v) is 1.86. The molecule has 0 aromatic carbocycles. The van der Waals surface area contributed by atoms with Crippen LogP contribution in [0.15, 0.2) is 0 Å². The SMILES string of the molecule is COC(C)(OC)C(C)C. The lowest BCUT2D eigenvalue weighted by Gasteiger charge is -2.30. The number of hydrogen-bond donors (Lipinski definition) is 0. The molecule has 56 valence electrons. The summed E-state index contributed by atoms with van der Waals surface area (Å²) < 4.78 is 10.3. The maximum atomic E-state index is 5.13. The van der Waals surface area contributed by atoms with Crippen LogP contribution in [0.4, 0.5) is 0 Å². The van der Waals surface area contributed by atoms with Crippen LogP contribution in [0.25, 0.3) is 0 Å². The highest BCUT2D eigenvalue weighted by Crippen LogP contribution is 2.20. The van der Waals surface area contributed by atoms with Crippen molar-refractivity contribution in [2.75, 3.05) is 14.2 Å². The molecule has 0 saturated carbocycles. The number of ether oxygens (including phenoxy) is 2. The van der Waals surface area contributed by atoms with E-state index in [0.29, 0.717) is 5.92 Å². The van der Waals surface area contributed by atoms with Gasteiger partial charge in [-0.3, -0.25) is 0 Å². The van der Waals surface area contributed by atoms with Crippen LogP contribution in [-0.4, -0.2) is 20.0 Å². The fourth-order valence-electron chi connectivity index (χ4n) is 0.555. The van der Waals surface area contributed by atoms with Gasteiger partial charge < -0.3 is 9.47 Å². The summed E-state index contributed by atoms with van der Waals surface area (Å²) in [6.45, 7) is 6.05. The Morgan fingerprint density at radius 2 is 1.44 bits per heavy atom. The second-order valence-electron chi connectivity index (χ2n) is 2.58. The molecule has 0 aliphatic carbocycles. The predicted octanol–water partition coefficient (Wildman–Crippen LogP) is 1.65. The quantitative estimate of drug-likeness (QED) is 0.543. The van der Waals surface area contributed by atoms with Crippen molar-refractivity contribution in [3.8, 4) is 0 Å². The van der Waals surface area contributed by atoms with Crippen molar-refractivity contribution in [2.45, 2.75) is 26.6 Å². The highest BCUT2D eigenvalue weighted by molar-refractivity contribution is 4.65. The average molecular weight is 132 g/mol. The summed E-state index contributed by atoms with van der Waals surface area (Å²) in [6.07, 6.45) is 0. The third-order valence-electron chi connectivity index (χ3n) is 1.86. The van der Waals surface area contributed by atoms with E-state index in [1.807, 2.05) is 6.92 Å². The van der Waals surface area contributed by atoms with E-state index in [1.54, 1.807) is 14.2 Å². The Morgan fingerprint density at radius 1 is 1.11 bits per heavy atom. The molecule has 0 spiro atoms. The van der Waals surface area contributed by atoms with Gasteiger partial charge in [-0.2, -0.15) is 0 Å². The van der Waals surface area contributed by atoms with Crippen molar-refractivity contribution in [3.63, 3.8) is 0 Å². The van der Waals surface area contributed by atoms with Gasteiger partial charge in [0.05, 0.1) is 0 Å². The second-order valence-corrected chi connectivity index (χ2v) is 2.58. The van der Waals surface area contributed by atoms with Gasteiger partial charge in [0.1, 0.15) is 0 Å². The van der Waals surface area contributed by atoms with Crippen molar-refractivity contribution < 1.29 is 9.47 Å². The van der Waals surface area contributed by atoms with Gasteiger partial charge in [-0.15, -0.1) is 0 Å². The van der Waals surface area contributed by atoms with Crippen LogP contribution in [0.1, 0.15) is 20.8 Å². The van der Waals surface area contributed by atoms with Crippen LogP contribution in [0.2, 0.25) is 0 Å². The Morgan fingerprint density at radius 3 is 1.44 bits per heavy atom. The highest BCUT2D eigenvalue weighted by atomic mass is 16.7. The van der Waals surface area contributed by atoms with Crippen molar-refractivity contribution in [2.24, 2.45) is 5.92 Å². The summed E-state index contributed by atoms with van der Waals surface area (Å²) in [5.41, 5.74) is 0. The summed E-state index contributed by atoms with van der Waals surface area (Å²) in [7, 11) is 3.31. The molecule has 0 amide bonds. The molecule has 0 fully saturated rings. The molecule has 2 nitrogen and oxygen atoms in total. The van der Waals surface area contributed by atoms with Gasteiger partial charge in [0.25, 0.3) is 0 Å². The molecule has 0 aliphatic rings. The first-order valence-corrected chi connectivity index (χ1v) is 3.17. The van der Waals surface area contributed by atoms with Gasteiger partial charge >= 0.3 is 0 Å². The second kappa shape index (κ2) is 3.18. The van der Waals surface area contributed by atoms with Crippen LogP contribution >= 0.6 is 0 Å². The van der Waals surface area contributed by atoms with Gasteiger partial charge in [-0.1, -0.05) is 13.8 Å². The largest absolute Gasteiger partial charge is 0.353 e. The summed E-state index contributed by atoms with van der Waals surface area (Å²) in [4.78, 5) is 0. The molecule has 9 heavy (non-hydrogen) atoms. The summed E-state index contributed by atoms with van der Waals surface area (Å²) >= 11 is 0. The first-order chi connectivity index (χ1) is 4.06. The topological polar surface area (TPSA) is 18.5 Å². The van der Waals surface area contributed by atoms with E-state index in [0.717, 1.165) is 0 Å². The highest BCUT2D eigenvalue weighted by Gasteiger charge is 2.26. The Balaban J connectivity index is 3.92. The summed E-state index contributed by atoms with van der Waals surface area (Å²) in [5.74, 6) is -0.0347. The Hall–Kier alpha value is -0.0800. The Labute approximate surface area is 57.2 Å². The summed E-state index contributed by atoms with van der Waals surface area (Å²) in [5, 5.41) is 0. The normalized spacial score (nSPS) is 12.7. The predicted molar refractivity (Wildman–Crippen MR) is 37.3 cm³/mol. The van der Waals surface area contributed by atoms with Gasteiger partial charge in [0.2, 0.25) is 0 Å². The number of hydrogen-bond acceptors (Lipinski definition) is 2. The minimum absolute atomic E-state index is 0.382. The van der Waals surface area contributed by atoms with Crippen LogP contribution in [0.3, 0.4) is 0 Å². The Bertz CT molecular complexity index is 75.0. The van der Waals surface area contributed by atoms with Crippen molar-refractivity contribution in [1.29, 1.82) is 0 Å². The van der Waals surface area contributed by atoms with Gasteiger partial charge in [-0.05, 0) is 6.92 Å². The number of methoxy groups -OCH3 is 2. The lowest BCUT2D eigenvalue weighted by molar-refractivity contribution is -0.219. The zero-order chi connectivity index (χ0) is 7.49. The number of rotatable bonds is 3. The fraction of sp³-hybridized carbons (Fsp3) is 1.00. The molecule has 0 aliphatic heterocycles. The summed E-state index contributed by atoms with van der Waals surface area (Å²) in [6, 6.07) is 0. The molecule has 0 radical (unpaired) electrons. The molecule has 0 saturated heterocycles. The average Bonchev–Trinajstić information content (AvgIpc) is 1.86. The molecule has 2 heteroatoms. The molecule has 0 rings (SSSR count). The van der Waals surface area contributed by atoms with Crippen LogP contribution in [-0.2, 0) is 9.47 Å². The molecule has 0 N–H and O–H groups in total. The monoisotopic (exact) mass is 132 g/mol. The van der Waals surface area contributed by atoms with E-state index in [9.17, 15) is 0 Å². The zero-order valence-corrected chi connectivity index (χ0v) is 6.89. The van der Waals surface area contributed by atoms with Crippen molar-refractivity contribution in [1.82, 2.24) is 0 Å². The molecule has 0 aromatic rings. The lowest BCUT2D eigenvalue weighted by Crippen LogP contribution is -2.35. The first-order valence-electron chi connectivity index (χ1n) is 3.17. The van der Waals surface area contributed by atoms with Gasteiger partial charge in [-0.25, -0.2) is 0 Å². The van der Waals surface area contributed by atoms with E-state index < -0.39 is 5.79 Å². The van der Waals surface area contributed by atoms with Crippen LogP contribution in [0.5, 0.6) is 0 Å². The van der Waals surface area contributed by atoms with Crippen molar-refractivity contribution >= 4 is 0 Å².